The Balaban J connectivity index is 1.52. The summed E-state index contributed by atoms with van der Waals surface area (Å²) < 4.78 is 5.34. The van der Waals surface area contributed by atoms with E-state index in [1.807, 2.05) is 13.1 Å². The first-order valence-corrected chi connectivity index (χ1v) is 10.5. The van der Waals surface area contributed by atoms with Crippen molar-refractivity contribution >= 4 is 11.5 Å². The highest BCUT2D eigenvalue weighted by Gasteiger charge is 2.35. The van der Waals surface area contributed by atoms with Crippen LogP contribution >= 0.6 is 0 Å². The van der Waals surface area contributed by atoms with Crippen LogP contribution in [0.5, 0.6) is 6.01 Å². The van der Waals surface area contributed by atoms with Crippen molar-refractivity contribution in [3.05, 3.63) is 44.9 Å². The van der Waals surface area contributed by atoms with Gasteiger partial charge in [0.05, 0.1) is 11.5 Å². The van der Waals surface area contributed by atoms with E-state index in [0.717, 1.165) is 29.3 Å². The fourth-order valence-corrected chi connectivity index (χ4v) is 4.55. The standard InChI is InChI=1S/C21H28N6O3/c1-4-30-21-24-14(3)19(27(28)29)20(25-21)23-11-16-10-22-18(9-13(16)2)17-12-26-7-5-15(17)6-8-26/h9-10,15,17H,4-8,11-12H2,1-3H3,(H,23,24,25). The van der Waals surface area contributed by atoms with Gasteiger partial charge in [-0.05, 0) is 69.8 Å². The number of fused-ring (bicyclic) bond motifs is 3. The van der Waals surface area contributed by atoms with Crippen molar-refractivity contribution in [2.75, 3.05) is 31.6 Å². The van der Waals surface area contributed by atoms with Crippen molar-refractivity contribution in [3.8, 4) is 6.01 Å². The van der Waals surface area contributed by atoms with Crippen molar-refractivity contribution in [1.29, 1.82) is 0 Å². The first-order valence-electron chi connectivity index (χ1n) is 10.5. The van der Waals surface area contributed by atoms with Crippen LogP contribution in [0.15, 0.2) is 12.3 Å². The zero-order chi connectivity index (χ0) is 21.3. The van der Waals surface area contributed by atoms with Crippen molar-refractivity contribution < 1.29 is 9.66 Å². The molecule has 3 aliphatic heterocycles. The summed E-state index contributed by atoms with van der Waals surface area (Å²) in [5.74, 6) is 1.40. The number of anilines is 1. The van der Waals surface area contributed by atoms with Crippen LogP contribution in [0.25, 0.3) is 0 Å². The van der Waals surface area contributed by atoms with Gasteiger partial charge in [0.15, 0.2) is 0 Å². The molecular weight excluding hydrogens is 384 g/mol. The van der Waals surface area contributed by atoms with E-state index < -0.39 is 4.92 Å². The lowest BCUT2D eigenvalue weighted by Crippen LogP contribution is -2.46. The molecule has 0 spiro atoms. The minimum absolute atomic E-state index is 0.132. The average molecular weight is 412 g/mol. The lowest BCUT2D eigenvalue weighted by atomic mass is 9.77. The molecular formula is C21H28N6O3. The van der Waals surface area contributed by atoms with Crippen molar-refractivity contribution in [2.24, 2.45) is 5.92 Å². The minimum atomic E-state index is -0.463. The molecule has 160 valence electrons. The molecule has 2 bridgehead atoms. The van der Waals surface area contributed by atoms with Gasteiger partial charge in [0.1, 0.15) is 5.69 Å². The second-order valence-corrected chi connectivity index (χ2v) is 8.11. The van der Waals surface area contributed by atoms with Gasteiger partial charge in [0, 0.05) is 30.9 Å². The van der Waals surface area contributed by atoms with Crippen LogP contribution in [-0.2, 0) is 6.54 Å². The van der Waals surface area contributed by atoms with Crippen LogP contribution in [0.1, 0.15) is 48.2 Å². The number of aryl methyl sites for hydroxylation is 2. The molecule has 0 radical (unpaired) electrons. The molecule has 2 aromatic heterocycles. The Morgan fingerprint density at radius 3 is 2.67 bits per heavy atom. The summed E-state index contributed by atoms with van der Waals surface area (Å²) in [5.41, 5.74) is 3.42. The molecule has 1 atom stereocenters. The van der Waals surface area contributed by atoms with E-state index in [4.69, 9.17) is 9.72 Å². The van der Waals surface area contributed by atoms with Crippen LogP contribution < -0.4 is 10.1 Å². The molecule has 9 heteroatoms. The molecule has 1 N–H and O–H groups in total. The smallest absolute Gasteiger partial charge is 0.332 e. The maximum absolute atomic E-state index is 11.5. The SMILES string of the molecule is CCOc1nc(C)c([N+](=O)[O-])c(NCc2cnc(C3CN4CCC3CC4)cc2C)n1. The highest BCUT2D eigenvalue weighted by Crippen LogP contribution is 2.38. The Bertz CT molecular complexity index is 943. The highest BCUT2D eigenvalue weighted by molar-refractivity contribution is 5.59. The molecule has 3 fully saturated rings. The fourth-order valence-electron chi connectivity index (χ4n) is 4.55. The van der Waals surface area contributed by atoms with Gasteiger partial charge in [0.2, 0.25) is 5.82 Å². The molecule has 9 nitrogen and oxygen atoms in total. The van der Waals surface area contributed by atoms with Gasteiger partial charge in [-0.25, -0.2) is 0 Å². The van der Waals surface area contributed by atoms with Gasteiger partial charge in [-0.1, -0.05) is 0 Å². The Labute approximate surface area is 176 Å². The van der Waals surface area contributed by atoms with E-state index in [0.29, 0.717) is 19.1 Å². The van der Waals surface area contributed by atoms with Crippen molar-refractivity contribution in [2.45, 2.75) is 46.1 Å². The van der Waals surface area contributed by atoms with Crippen LogP contribution in [-0.4, -0.2) is 51.0 Å². The number of aromatic nitrogens is 3. The molecule has 3 saturated heterocycles. The lowest BCUT2D eigenvalue weighted by molar-refractivity contribution is -0.385. The first kappa shape index (κ1) is 20.5. The van der Waals surface area contributed by atoms with Gasteiger partial charge in [0.25, 0.3) is 0 Å². The van der Waals surface area contributed by atoms with Gasteiger partial charge in [-0.2, -0.15) is 9.97 Å². The minimum Gasteiger partial charge on any atom is -0.464 e. The number of piperidine rings is 3. The largest absolute Gasteiger partial charge is 0.464 e. The molecule has 3 aliphatic rings. The predicted molar refractivity (Wildman–Crippen MR) is 113 cm³/mol. The summed E-state index contributed by atoms with van der Waals surface area (Å²) in [7, 11) is 0. The predicted octanol–water partition coefficient (Wildman–Crippen LogP) is 3.22. The lowest BCUT2D eigenvalue weighted by Gasteiger charge is -2.44. The third kappa shape index (κ3) is 4.07. The maximum Gasteiger partial charge on any atom is 0.332 e. The Morgan fingerprint density at radius 2 is 2.07 bits per heavy atom. The Hall–Kier alpha value is -2.81. The summed E-state index contributed by atoms with van der Waals surface area (Å²) in [5, 5.41) is 14.6. The van der Waals surface area contributed by atoms with Gasteiger partial charge in [-0.3, -0.25) is 15.1 Å². The number of ether oxygens (including phenoxy) is 1. The third-order valence-corrected chi connectivity index (χ3v) is 6.22. The van der Waals surface area contributed by atoms with Gasteiger partial charge >= 0.3 is 11.7 Å². The summed E-state index contributed by atoms with van der Waals surface area (Å²) in [4.78, 5) is 26.6. The number of nitrogens with one attached hydrogen (secondary N) is 1. The van der Waals surface area contributed by atoms with Crippen LogP contribution in [0.3, 0.4) is 0 Å². The topological polar surface area (TPSA) is 106 Å². The van der Waals surface area contributed by atoms with E-state index in [2.05, 4.69) is 33.2 Å². The fraction of sp³-hybridized carbons (Fsp3) is 0.571. The summed E-state index contributed by atoms with van der Waals surface area (Å²) in [6.07, 6.45) is 4.40. The van der Waals surface area contributed by atoms with Crippen LogP contribution in [0.2, 0.25) is 0 Å². The van der Waals surface area contributed by atoms with E-state index in [1.54, 1.807) is 6.92 Å². The van der Waals surface area contributed by atoms with E-state index in [1.165, 1.54) is 25.9 Å². The monoisotopic (exact) mass is 412 g/mol. The van der Waals surface area contributed by atoms with E-state index >= 15 is 0 Å². The zero-order valence-electron chi connectivity index (χ0n) is 17.7. The second kappa shape index (κ2) is 8.51. The van der Waals surface area contributed by atoms with Crippen molar-refractivity contribution in [3.63, 3.8) is 0 Å². The number of rotatable bonds is 7. The average Bonchev–Trinajstić information content (AvgIpc) is 2.73. The van der Waals surface area contributed by atoms with E-state index in [9.17, 15) is 10.1 Å². The summed E-state index contributed by atoms with van der Waals surface area (Å²) in [6.45, 7) is 9.77. The van der Waals surface area contributed by atoms with Gasteiger partial charge in [-0.15, -0.1) is 0 Å². The van der Waals surface area contributed by atoms with Crippen molar-refractivity contribution in [1.82, 2.24) is 19.9 Å². The quantitative estimate of drug-likeness (QED) is 0.546. The molecule has 0 saturated carbocycles. The Morgan fingerprint density at radius 1 is 1.30 bits per heavy atom. The number of hydrogen-bond acceptors (Lipinski definition) is 8. The molecule has 5 heterocycles. The molecule has 0 aliphatic carbocycles. The van der Waals surface area contributed by atoms with E-state index in [-0.39, 0.29) is 23.2 Å². The molecule has 2 aromatic rings. The molecule has 5 rings (SSSR count). The summed E-state index contributed by atoms with van der Waals surface area (Å²) in [6, 6.07) is 2.31. The van der Waals surface area contributed by atoms with Crippen LogP contribution in [0, 0.1) is 29.9 Å². The normalized spacial score (nSPS) is 22.7. The summed E-state index contributed by atoms with van der Waals surface area (Å²) >= 11 is 0. The van der Waals surface area contributed by atoms with Crippen LogP contribution in [0.4, 0.5) is 11.5 Å². The second-order valence-electron chi connectivity index (χ2n) is 8.11. The molecule has 30 heavy (non-hydrogen) atoms. The number of hydrogen-bond donors (Lipinski definition) is 1. The zero-order valence-corrected chi connectivity index (χ0v) is 17.7. The Kier molecular flexibility index (Phi) is 5.80. The molecule has 1 unspecified atom stereocenters. The van der Waals surface area contributed by atoms with Gasteiger partial charge < -0.3 is 15.0 Å². The highest BCUT2D eigenvalue weighted by atomic mass is 16.6. The molecule has 0 amide bonds. The molecule has 0 aromatic carbocycles. The number of nitro groups is 1. The first-order chi connectivity index (χ1) is 14.5. The number of pyridine rings is 1. The third-order valence-electron chi connectivity index (χ3n) is 6.22. The maximum atomic E-state index is 11.5. The number of nitrogens with zero attached hydrogens (tertiary/aromatic N) is 5.